The normalized spacial score (nSPS) is 17.7. The molecule has 2 amide bonds. The number of carbonyl (C=O) groups is 1. The van der Waals surface area contributed by atoms with Crippen LogP contribution in [0.5, 0.6) is 0 Å². The van der Waals surface area contributed by atoms with Crippen molar-refractivity contribution in [1.82, 2.24) is 0 Å². The van der Waals surface area contributed by atoms with E-state index in [0.717, 1.165) is 6.34 Å². The molecule has 0 saturated carbocycles. The fourth-order valence-corrected chi connectivity index (χ4v) is 0.221. The highest BCUT2D eigenvalue weighted by Gasteiger charge is 2.13. The molecule has 0 aromatic carbocycles. The Balaban J connectivity index is 2.89. The van der Waals surface area contributed by atoms with Crippen LogP contribution in [0, 0.1) is 5.21 Å². The lowest BCUT2D eigenvalue weighted by molar-refractivity contribution is -0.412. The second-order valence-corrected chi connectivity index (χ2v) is 0.916. The molecule has 0 unspecified atom stereocenters. The van der Waals surface area contributed by atoms with Gasteiger partial charge in [0.25, 0.3) is 6.34 Å². The molecule has 0 atom stereocenters. The Kier molecular flexibility index (Phi) is 0.619. The largest absolute Gasteiger partial charge is 0.688 e. The van der Waals surface area contributed by atoms with E-state index in [4.69, 9.17) is 0 Å². The number of hydroxylamine groups is 1. The zero-order valence-corrected chi connectivity index (χ0v) is 3.24. The van der Waals surface area contributed by atoms with Gasteiger partial charge in [0, 0.05) is 4.99 Å². The summed E-state index contributed by atoms with van der Waals surface area (Å²) in [7, 11) is 0. The minimum Gasteiger partial charge on any atom is -0.688 e. The van der Waals surface area contributed by atoms with Crippen molar-refractivity contribution in [2.24, 2.45) is 10.1 Å². The van der Waals surface area contributed by atoms with E-state index in [2.05, 4.69) is 10.1 Å². The summed E-state index contributed by atoms with van der Waals surface area (Å²) in [5.41, 5.74) is 0. The molecule has 1 aliphatic heterocycles. The quantitative estimate of drug-likeness (QED) is 0.319. The van der Waals surface area contributed by atoms with Gasteiger partial charge in [0.1, 0.15) is 0 Å². The molecule has 5 nitrogen and oxygen atoms in total. The number of hydrogen-bond donors (Lipinski definition) is 0. The fourth-order valence-electron chi connectivity index (χ4n) is 0.221. The van der Waals surface area contributed by atoms with Crippen LogP contribution in [-0.4, -0.2) is 17.2 Å². The Hall–Kier alpha value is -1.26. The highest BCUT2D eigenvalue weighted by Crippen LogP contribution is 1.87. The van der Waals surface area contributed by atoms with E-state index < -0.39 is 6.03 Å². The number of nitrogens with zero attached hydrogens (tertiary/aromatic N) is 3. The molecule has 0 saturated heterocycles. The Morgan fingerprint density at radius 2 is 2.57 bits per heavy atom. The third kappa shape index (κ3) is 0.466. The van der Waals surface area contributed by atoms with Crippen LogP contribution in [-0.2, 0) is 0 Å². The van der Waals surface area contributed by atoms with Gasteiger partial charge in [-0.2, -0.15) is 4.79 Å². The fraction of sp³-hybridized carbons (Fsp3) is 0. The Morgan fingerprint density at radius 1 is 1.86 bits per heavy atom. The van der Waals surface area contributed by atoms with Gasteiger partial charge in [-0.1, -0.05) is 4.86 Å². The molecule has 0 fully saturated rings. The summed E-state index contributed by atoms with van der Waals surface area (Å²) in [6.45, 7) is 0. The van der Waals surface area contributed by atoms with E-state index in [-0.39, 0.29) is 4.86 Å². The topological polar surface area (TPSA) is 67.9 Å². The maximum Gasteiger partial charge on any atom is 0.566 e. The number of aliphatic imine (C=N–C) groups is 1. The van der Waals surface area contributed by atoms with Gasteiger partial charge in [-0.3, -0.25) is 0 Å². The Morgan fingerprint density at radius 3 is 2.71 bits per heavy atom. The summed E-state index contributed by atoms with van der Waals surface area (Å²) in [6.07, 6.45) is 0.912. The van der Waals surface area contributed by atoms with Crippen LogP contribution < -0.4 is 0 Å². The van der Waals surface area contributed by atoms with Gasteiger partial charge in [-0.15, -0.1) is 0 Å². The third-order valence-electron chi connectivity index (χ3n) is 0.488. The monoisotopic (exact) mass is 99.0 g/mol. The first kappa shape index (κ1) is 3.91. The van der Waals surface area contributed by atoms with Crippen molar-refractivity contribution >= 4 is 12.4 Å². The van der Waals surface area contributed by atoms with Crippen LogP contribution in [0.15, 0.2) is 10.1 Å². The van der Waals surface area contributed by atoms with E-state index in [9.17, 15) is 10.0 Å². The highest BCUT2D eigenvalue weighted by molar-refractivity contribution is 5.79. The molecule has 36 valence electrons. The van der Waals surface area contributed by atoms with Gasteiger partial charge in [0.05, 0.1) is 0 Å². The van der Waals surface area contributed by atoms with Gasteiger partial charge < -0.3 is 5.21 Å². The standard InChI is InChI=1S/C2HN3O2/c6-2-3-1-4-5(2)7/h1H. The van der Waals surface area contributed by atoms with E-state index in [1.165, 1.54) is 0 Å². The number of hydrogen-bond acceptors (Lipinski definition) is 3. The lowest BCUT2D eigenvalue weighted by atomic mass is 11.1. The lowest BCUT2D eigenvalue weighted by Gasteiger charge is -1.86. The number of rotatable bonds is 0. The highest BCUT2D eigenvalue weighted by atomic mass is 16.5. The summed E-state index contributed by atoms with van der Waals surface area (Å²) < 4.78 is 0. The SMILES string of the molecule is O=C1N=CN=[N+]1[O-]. The van der Waals surface area contributed by atoms with Crippen molar-refractivity contribution in [2.75, 3.05) is 0 Å². The molecule has 5 heteroatoms. The zero-order chi connectivity index (χ0) is 5.28. The maximum absolute atomic E-state index is 9.90. The molecule has 1 aliphatic rings. The minimum atomic E-state index is -0.861. The number of amides is 2. The molecule has 0 aliphatic carbocycles. The van der Waals surface area contributed by atoms with Gasteiger partial charge in [-0.25, -0.2) is 0 Å². The van der Waals surface area contributed by atoms with Crippen molar-refractivity contribution in [3.8, 4) is 0 Å². The van der Waals surface area contributed by atoms with E-state index in [1.54, 1.807) is 0 Å². The van der Waals surface area contributed by atoms with E-state index >= 15 is 0 Å². The van der Waals surface area contributed by atoms with Crippen molar-refractivity contribution in [3.63, 3.8) is 0 Å². The molecule has 0 radical (unpaired) electrons. The first-order valence-corrected chi connectivity index (χ1v) is 1.55. The molecule has 7 heavy (non-hydrogen) atoms. The van der Waals surface area contributed by atoms with Crippen molar-refractivity contribution in [1.29, 1.82) is 0 Å². The maximum atomic E-state index is 9.90. The third-order valence-corrected chi connectivity index (χ3v) is 0.488. The molecule has 0 aromatic rings. The second-order valence-electron chi connectivity index (χ2n) is 0.916. The van der Waals surface area contributed by atoms with E-state index in [1.807, 2.05) is 0 Å². The molecule has 0 N–H and O–H groups in total. The summed E-state index contributed by atoms with van der Waals surface area (Å²) in [5.74, 6) is 0. The lowest BCUT2D eigenvalue weighted by Crippen LogP contribution is -2.00. The van der Waals surface area contributed by atoms with Crippen LogP contribution in [0.25, 0.3) is 0 Å². The summed E-state index contributed by atoms with van der Waals surface area (Å²) >= 11 is 0. The van der Waals surface area contributed by atoms with Crippen molar-refractivity contribution in [3.05, 3.63) is 5.21 Å². The number of azo groups is 1. The predicted molar refractivity (Wildman–Crippen MR) is 19.9 cm³/mol. The van der Waals surface area contributed by atoms with Crippen LogP contribution >= 0.6 is 0 Å². The molecule has 0 bridgehead atoms. The van der Waals surface area contributed by atoms with Crippen LogP contribution in [0.1, 0.15) is 0 Å². The van der Waals surface area contributed by atoms with Crippen LogP contribution in [0.3, 0.4) is 0 Å². The second kappa shape index (κ2) is 1.11. The molecule has 0 spiro atoms. The van der Waals surface area contributed by atoms with Gasteiger partial charge in [0.15, 0.2) is 0 Å². The smallest absolute Gasteiger partial charge is 0.566 e. The first-order chi connectivity index (χ1) is 3.30. The summed E-state index contributed by atoms with van der Waals surface area (Å²) in [4.78, 5) is 12.8. The average Bonchev–Trinajstić information content (AvgIpc) is 1.91. The number of urea groups is 1. The van der Waals surface area contributed by atoms with Crippen molar-refractivity contribution < 1.29 is 9.66 Å². The van der Waals surface area contributed by atoms with E-state index in [0.29, 0.717) is 0 Å². The van der Waals surface area contributed by atoms with Gasteiger partial charge in [0.2, 0.25) is 0 Å². The molecule has 1 heterocycles. The minimum absolute atomic E-state index is 0.0833. The summed E-state index contributed by atoms with van der Waals surface area (Å²) in [5, 5.41) is 12.8. The number of carbonyl (C=O) groups excluding carboxylic acids is 1. The van der Waals surface area contributed by atoms with Gasteiger partial charge in [-0.05, 0) is 5.11 Å². The van der Waals surface area contributed by atoms with Gasteiger partial charge >= 0.3 is 6.03 Å². The predicted octanol–water partition coefficient (Wildman–Crippen LogP) is 0.111. The molecular weight excluding hydrogens is 98.0 g/mol. The summed E-state index contributed by atoms with van der Waals surface area (Å²) in [6, 6.07) is -0.861. The molecule has 0 aromatic heterocycles. The van der Waals surface area contributed by atoms with Crippen LogP contribution in [0.4, 0.5) is 4.79 Å². The Bertz CT molecular complexity index is 158. The molecular formula is C2HN3O2. The first-order valence-electron chi connectivity index (χ1n) is 1.55. The van der Waals surface area contributed by atoms with Crippen LogP contribution in [0.2, 0.25) is 0 Å². The molecule has 1 rings (SSSR count). The van der Waals surface area contributed by atoms with Crippen molar-refractivity contribution in [2.45, 2.75) is 0 Å². The Labute approximate surface area is 38.6 Å². The zero-order valence-electron chi connectivity index (χ0n) is 3.24. The average molecular weight is 99.0 g/mol.